The second-order valence-corrected chi connectivity index (χ2v) is 7.56. The van der Waals surface area contributed by atoms with E-state index in [-0.39, 0.29) is 23.3 Å². The maximum atomic E-state index is 12.4. The van der Waals surface area contributed by atoms with Crippen LogP contribution in [0.5, 0.6) is 0 Å². The van der Waals surface area contributed by atoms with Gasteiger partial charge in [0.25, 0.3) is 0 Å². The number of halogens is 1. The van der Waals surface area contributed by atoms with Crippen molar-refractivity contribution in [1.29, 1.82) is 0 Å². The fourth-order valence-corrected chi connectivity index (χ4v) is 3.89. The largest absolute Gasteiger partial charge is 0.353 e. The average Bonchev–Trinajstić information content (AvgIpc) is 2.88. The van der Waals surface area contributed by atoms with Gasteiger partial charge in [0, 0.05) is 17.8 Å². The highest BCUT2D eigenvalue weighted by Crippen LogP contribution is 2.48. The summed E-state index contributed by atoms with van der Waals surface area (Å²) < 4.78 is 0. The van der Waals surface area contributed by atoms with Crippen molar-refractivity contribution in [1.82, 2.24) is 5.32 Å². The number of carbonyl (C=O) groups is 1. The van der Waals surface area contributed by atoms with Crippen LogP contribution >= 0.6 is 11.6 Å². The van der Waals surface area contributed by atoms with Crippen molar-refractivity contribution in [2.75, 3.05) is 5.88 Å². The SMILES string of the molecule is CC(C)(C)C(CCCl)NC(=O)C1CC2CCC1C2. The summed E-state index contributed by atoms with van der Waals surface area (Å²) in [4.78, 5) is 12.4. The van der Waals surface area contributed by atoms with Gasteiger partial charge in [-0.25, -0.2) is 0 Å². The zero-order chi connectivity index (χ0) is 13.3. The standard InChI is InChI=1S/C15H26ClNO/c1-15(2,3)13(6-7-16)17-14(18)12-9-10-4-5-11(12)8-10/h10-13H,4-9H2,1-3H3,(H,17,18). The molecule has 0 spiro atoms. The molecule has 0 aromatic heterocycles. The van der Waals surface area contributed by atoms with Crippen LogP contribution in [0.4, 0.5) is 0 Å². The van der Waals surface area contributed by atoms with E-state index in [2.05, 4.69) is 26.1 Å². The molecule has 0 heterocycles. The summed E-state index contributed by atoms with van der Waals surface area (Å²) in [6.45, 7) is 6.52. The Morgan fingerprint density at radius 3 is 2.50 bits per heavy atom. The van der Waals surface area contributed by atoms with E-state index in [0.29, 0.717) is 11.8 Å². The molecule has 2 fully saturated rings. The van der Waals surface area contributed by atoms with Crippen LogP contribution in [0.2, 0.25) is 0 Å². The van der Waals surface area contributed by atoms with E-state index in [9.17, 15) is 4.79 Å². The van der Waals surface area contributed by atoms with Crippen LogP contribution in [0.15, 0.2) is 0 Å². The van der Waals surface area contributed by atoms with Crippen LogP contribution in [0.3, 0.4) is 0 Å². The van der Waals surface area contributed by atoms with Gasteiger partial charge in [-0.1, -0.05) is 27.2 Å². The van der Waals surface area contributed by atoms with Gasteiger partial charge in [-0.2, -0.15) is 0 Å². The smallest absolute Gasteiger partial charge is 0.223 e. The second kappa shape index (κ2) is 5.40. The first-order valence-corrected chi connectivity index (χ1v) is 7.81. The van der Waals surface area contributed by atoms with Crippen LogP contribution < -0.4 is 5.32 Å². The van der Waals surface area contributed by atoms with Gasteiger partial charge in [0.15, 0.2) is 0 Å². The lowest BCUT2D eigenvalue weighted by molar-refractivity contribution is -0.128. The highest BCUT2D eigenvalue weighted by atomic mass is 35.5. The summed E-state index contributed by atoms with van der Waals surface area (Å²) in [5.74, 6) is 2.66. The van der Waals surface area contributed by atoms with Gasteiger partial charge < -0.3 is 5.32 Å². The summed E-state index contributed by atoms with van der Waals surface area (Å²) in [6.07, 6.45) is 5.87. The molecular formula is C15H26ClNO. The molecule has 104 valence electrons. The molecule has 0 radical (unpaired) electrons. The Balaban J connectivity index is 1.93. The third-order valence-electron chi connectivity index (χ3n) is 4.83. The van der Waals surface area contributed by atoms with Gasteiger partial charge in [0.1, 0.15) is 0 Å². The van der Waals surface area contributed by atoms with Crippen molar-refractivity contribution < 1.29 is 4.79 Å². The van der Waals surface area contributed by atoms with Crippen molar-refractivity contribution in [3.63, 3.8) is 0 Å². The molecule has 3 heteroatoms. The molecule has 1 amide bonds. The van der Waals surface area contributed by atoms with Crippen molar-refractivity contribution in [3.05, 3.63) is 0 Å². The predicted molar refractivity (Wildman–Crippen MR) is 75.7 cm³/mol. The van der Waals surface area contributed by atoms with E-state index >= 15 is 0 Å². The fourth-order valence-electron chi connectivity index (χ4n) is 3.68. The van der Waals surface area contributed by atoms with E-state index in [4.69, 9.17) is 11.6 Å². The third kappa shape index (κ3) is 3.01. The summed E-state index contributed by atoms with van der Waals surface area (Å²) >= 11 is 5.86. The lowest BCUT2D eigenvalue weighted by Crippen LogP contribution is -2.47. The number of rotatable bonds is 4. The van der Waals surface area contributed by atoms with Gasteiger partial charge in [-0.05, 0) is 42.9 Å². The maximum Gasteiger partial charge on any atom is 0.223 e. The normalized spacial score (nSPS) is 32.6. The lowest BCUT2D eigenvalue weighted by atomic mass is 9.83. The highest BCUT2D eigenvalue weighted by molar-refractivity contribution is 6.17. The number of hydrogen-bond acceptors (Lipinski definition) is 1. The number of nitrogens with one attached hydrogen (secondary N) is 1. The van der Waals surface area contributed by atoms with Crippen molar-refractivity contribution in [2.24, 2.45) is 23.2 Å². The van der Waals surface area contributed by atoms with Crippen molar-refractivity contribution in [3.8, 4) is 0 Å². The molecule has 4 unspecified atom stereocenters. The number of fused-ring (bicyclic) bond motifs is 2. The summed E-state index contributed by atoms with van der Waals surface area (Å²) in [6, 6.07) is 0.196. The van der Waals surface area contributed by atoms with Gasteiger partial charge in [0.2, 0.25) is 5.91 Å². The van der Waals surface area contributed by atoms with Crippen LogP contribution in [0, 0.1) is 23.2 Å². The Bertz CT molecular complexity index is 310. The first-order valence-electron chi connectivity index (χ1n) is 7.28. The Morgan fingerprint density at radius 1 is 1.33 bits per heavy atom. The van der Waals surface area contributed by atoms with Gasteiger partial charge in [-0.3, -0.25) is 4.79 Å². The maximum absolute atomic E-state index is 12.4. The molecule has 0 aromatic carbocycles. The molecule has 2 bridgehead atoms. The van der Waals surface area contributed by atoms with Crippen molar-refractivity contribution >= 4 is 17.5 Å². The Morgan fingerprint density at radius 2 is 2.06 bits per heavy atom. The molecule has 2 rings (SSSR count). The first-order chi connectivity index (χ1) is 8.41. The molecule has 2 aliphatic rings. The lowest BCUT2D eigenvalue weighted by Gasteiger charge is -2.33. The molecular weight excluding hydrogens is 246 g/mol. The Labute approximate surface area is 116 Å². The van der Waals surface area contributed by atoms with Gasteiger partial charge >= 0.3 is 0 Å². The van der Waals surface area contributed by atoms with Crippen LogP contribution in [-0.2, 0) is 4.79 Å². The second-order valence-electron chi connectivity index (χ2n) is 7.19. The quantitative estimate of drug-likeness (QED) is 0.778. The van der Waals surface area contributed by atoms with E-state index in [1.165, 1.54) is 19.3 Å². The minimum Gasteiger partial charge on any atom is -0.353 e. The topological polar surface area (TPSA) is 29.1 Å². The summed E-state index contributed by atoms with van der Waals surface area (Å²) in [5, 5.41) is 3.26. The van der Waals surface area contributed by atoms with Crippen LogP contribution in [-0.4, -0.2) is 17.8 Å². The minimum absolute atomic E-state index is 0.0855. The number of amides is 1. The van der Waals surface area contributed by atoms with Crippen molar-refractivity contribution in [2.45, 2.75) is 58.9 Å². The molecule has 1 N–H and O–H groups in total. The highest BCUT2D eigenvalue weighted by Gasteiger charge is 2.43. The monoisotopic (exact) mass is 271 g/mol. The van der Waals surface area contributed by atoms with Crippen LogP contribution in [0.25, 0.3) is 0 Å². The van der Waals surface area contributed by atoms with Crippen LogP contribution in [0.1, 0.15) is 52.9 Å². The third-order valence-corrected chi connectivity index (χ3v) is 5.05. The molecule has 4 atom stereocenters. The zero-order valence-electron chi connectivity index (χ0n) is 11.8. The summed E-state index contributed by atoms with van der Waals surface area (Å²) in [5.41, 5.74) is 0.0855. The molecule has 2 saturated carbocycles. The molecule has 18 heavy (non-hydrogen) atoms. The predicted octanol–water partition coefficient (Wildman–Crippen LogP) is 3.58. The Kier molecular flexibility index (Phi) is 4.25. The molecule has 2 nitrogen and oxygen atoms in total. The minimum atomic E-state index is 0.0855. The van der Waals surface area contributed by atoms with Gasteiger partial charge in [0.05, 0.1) is 0 Å². The average molecular weight is 272 g/mol. The zero-order valence-corrected chi connectivity index (χ0v) is 12.6. The van der Waals surface area contributed by atoms with E-state index in [0.717, 1.165) is 18.8 Å². The molecule has 2 aliphatic carbocycles. The molecule has 0 aliphatic heterocycles. The number of alkyl halides is 1. The number of carbonyl (C=O) groups excluding carboxylic acids is 1. The van der Waals surface area contributed by atoms with E-state index in [1.807, 2.05) is 0 Å². The summed E-state index contributed by atoms with van der Waals surface area (Å²) in [7, 11) is 0. The molecule has 0 saturated heterocycles. The first kappa shape index (κ1) is 14.2. The fraction of sp³-hybridized carbons (Fsp3) is 0.933. The van der Waals surface area contributed by atoms with E-state index in [1.54, 1.807) is 0 Å². The van der Waals surface area contributed by atoms with Gasteiger partial charge in [-0.15, -0.1) is 11.6 Å². The van der Waals surface area contributed by atoms with E-state index < -0.39 is 0 Å². The molecule has 0 aromatic rings. The Hall–Kier alpha value is -0.240. The number of hydrogen-bond donors (Lipinski definition) is 1.